The minimum Gasteiger partial charge on any atom is -0.452 e. The highest BCUT2D eigenvalue weighted by molar-refractivity contribution is 5.94. The number of nitrogens with one attached hydrogen (secondary N) is 2. The summed E-state index contributed by atoms with van der Waals surface area (Å²) in [6.45, 7) is 2.15. The zero-order valence-corrected chi connectivity index (χ0v) is 16.5. The van der Waals surface area contributed by atoms with Crippen molar-refractivity contribution in [1.82, 2.24) is 10.6 Å². The molecule has 0 aliphatic heterocycles. The summed E-state index contributed by atoms with van der Waals surface area (Å²) in [6, 6.07) is 5.14. The number of benzene rings is 1. The monoisotopic (exact) mass is 405 g/mol. The first-order chi connectivity index (χ1) is 13.9. The molecule has 2 N–H and O–H groups in total. The van der Waals surface area contributed by atoms with Gasteiger partial charge in [-0.15, -0.1) is 0 Å². The highest BCUT2D eigenvalue weighted by Gasteiger charge is 2.20. The molecule has 158 valence electrons. The molecule has 1 fully saturated rings. The molecule has 0 aromatic heterocycles. The number of carbonyl (C=O) groups is 3. The topological polar surface area (TPSA) is 128 Å². The summed E-state index contributed by atoms with van der Waals surface area (Å²) in [7, 11) is 0. The number of hydrogen-bond donors (Lipinski definition) is 2. The lowest BCUT2D eigenvalue weighted by Gasteiger charge is -2.22. The van der Waals surface area contributed by atoms with Crippen molar-refractivity contribution in [3.63, 3.8) is 0 Å². The lowest BCUT2D eigenvalue weighted by Crippen LogP contribution is -2.39. The van der Waals surface area contributed by atoms with Crippen molar-refractivity contribution in [2.45, 2.75) is 51.6 Å². The maximum Gasteiger partial charge on any atom is 0.308 e. The van der Waals surface area contributed by atoms with E-state index in [1.54, 1.807) is 0 Å². The Morgan fingerprint density at radius 2 is 1.79 bits per heavy atom. The van der Waals surface area contributed by atoms with Crippen LogP contribution < -0.4 is 10.6 Å². The molecule has 9 nitrogen and oxygen atoms in total. The quantitative estimate of drug-likeness (QED) is 0.369. The minimum atomic E-state index is -0.892. The normalized spacial score (nSPS) is 15.2. The second-order valence-electron chi connectivity index (χ2n) is 7.19. The highest BCUT2D eigenvalue weighted by Crippen LogP contribution is 2.22. The zero-order valence-electron chi connectivity index (χ0n) is 16.5. The fraction of sp³-hybridized carbons (Fsp3) is 0.550. The van der Waals surface area contributed by atoms with Crippen LogP contribution in [0.3, 0.4) is 0 Å². The van der Waals surface area contributed by atoms with Gasteiger partial charge in [0.05, 0.1) is 11.3 Å². The fourth-order valence-corrected chi connectivity index (χ4v) is 3.20. The number of esters is 1. The molecule has 0 spiro atoms. The third-order valence-electron chi connectivity index (χ3n) is 4.92. The smallest absolute Gasteiger partial charge is 0.308 e. The summed E-state index contributed by atoms with van der Waals surface area (Å²) in [5.41, 5.74) is 0.139. The number of ether oxygens (including phenoxy) is 1. The number of carbonyl (C=O) groups excluding carboxylic acids is 3. The van der Waals surface area contributed by atoms with Crippen molar-refractivity contribution in [2.24, 2.45) is 5.92 Å². The zero-order chi connectivity index (χ0) is 21.2. The van der Waals surface area contributed by atoms with Gasteiger partial charge in [0.2, 0.25) is 0 Å². The third-order valence-corrected chi connectivity index (χ3v) is 4.92. The Kier molecular flexibility index (Phi) is 8.57. The van der Waals surface area contributed by atoms with Crippen LogP contribution in [0.5, 0.6) is 0 Å². The Morgan fingerprint density at radius 3 is 2.41 bits per heavy atom. The van der Waals surface area contributed by atoms with Crippen molar-refractivity contribution in [3.8, 4) is 0 Å². The van der Waals surface area contributed by atoms with Gasteiger partial charge in [-0.2, -0.15) is 0 Å². The van der Waals surface area contributed by atoms with Crippen LogP contribution in [-0.2, 0) is 14.3 Å². The van der Waals surface area contributed by atoms with E-state index in [0.717, 1.165) is 12.8 Å². The van der Waals surface area contributed by atoms with Crippen LogP contribution in [0.15, 0.2) is 24.3 Å². The molecule has 0 radical (unpaired) electrons. The van der Waals surface area contributed by atoms with Gasteiger partial charge in [0.25, 0.3) is 17.5 Å². The van der Waals surface area contributed by atoms with Crippen LogP contribution in [0.4, 0.5) is 5.69 Å². The highest BCUT2D eigenvalue weighted by atomic mass is 16.6. The number of nitro benzene ring substituents is 1. The molecule has 0 heterocycles. The number of hydrogen-bond acceptors (Lipinski definition) is 6. The van der Waals surface area contributed by atoms with Gasteiger partial charge in [0.1, 0.15) is 0 Å². The number of nitrogens with zero attached hydrogens (tertiary/aromatic N) is 1. The second kappa shape index (κ2) is 11.1. The molecule has 1 aromatic carbocycles. The van der Waals surface area contributed by atoms with E-state index in [1.807, 2.05) is 0 Å². The maximum atomic E-state index is 12.1. The van der Waals surface area contributed by atoms with E-state index in [4.69, 9.17) is 4.74 Å². The SMILES string of the molecule is C[C@@H](OC(=O)CCNC(=O)c1ccc([N+](=O)[O-])cc1)C(=O)NCC1CCCCC1. The largest absolute Gasteiger partial charge is 0.452 e. The van der Waals surface area contributed by atoms with E-state index >= 15 is 0 Å². The van der Waals surface area contributed by atoms with E-state index in [0.29, 0.717) is 12.5 Å². The Morgan fingerprint density at radius 1 is 1.14 bits per heavy atom. The molecule has 29 heavy (non-hydrogen) atoms. The predicted octanol–water partition coefficient (Wildman–Crippen LogP) is 2.34. The van der Waals surface area contributed by atoms with Crippen LogP contribution in [0.2, 0.25) is 0 Å². The van der Waals surface area contributed by atoms with Crippen LogP contribution in [0.1, 0.15) is 55.8 Å². The Bertz CT molecular complexity index is 728. The van der Waals surface area contributed by atoms with Crippen LogP contribution in [-0.4, -0.2) is 41.9 Å². The van der Waals surface area contributed by atoms with Crippen LogP contribution in [0, 0.1) is 16.0 Å². The van der Waals surface area contributed by atoms with Gasteiger partial charge in [-0.05, 0) is 37.8 Å². The van der Waals surface area contributed by atoms with Gasteiger partial charge in [-0.1, -0.05) is 19.3 Å². The molecular weight excluding hydrogens is 378 g/mol. The summed E-state index contributed by atoms with van der Waals surface area (Å²) in [5.74, 6) is -0.871. The van der Waals surface area contributed by atoms with E-state index in [1.165, 1.54) is 50.5 Å². The molecule has 0 saturated heterocycles. The van der Waals surface area contributed by atoms with E-state index in [-0.39, 0.29) is 30.1 Å². The Labute approximate surface area is 169 Å². The first-order valence-electron chi connectivity index (χ1n) is 9.86. The summed E-state index contributed by atoms with van der Waals surface area (Å²) < 4.78 is 5.10. The van der Waals surface area contributed by atoms with Crippen molar-refractivity contribution < 1.29 is 24.0 Å². The summed E-state index contributed by atoms with van der Waals surface area (Å²) >= 11 is 0. The molecular formula is C20H27N3O6. The predicted molar refractivity (Wildman–Crippen MR) is 105 cm³/mol. The maximum absolute atomic E-state index is 12.1. The average Bonchev–Trinajstić information content (AvgIpc) is 2.72. The van der Waals surface area contributed by atoms with Crippen molar-refractivity contribution >= 4 is 23.5 Å². The third kappa shape index (κ3) is 7.52. The fourth-order valence-electron chi connectivity index (χ4n) is 3.20. The standard InChI is InChI=1S/C20H27N3O6/c1-14(19(25)22-13-15-5-3-2-4-6-15)29-18(24)11-12-21-20(26)16-7-9-17(10-8-16)23(27)28/h7-10,14-15H,2-6,11-13H2,1H3,(H,21,26)(H,22,25)/t14-/m1/s1. The molecule has 0 bridgehead atoms. The molecule has 9 heteroatoms. The van der Waals surface area contributed by atoms with Crippen LogP contribution in [0.25, 0.3) is 0 Å². The van der Waals surface area contributed by atoms with Crippen LogP contribution >= 0.6 is 0 Å². The molecule has 1 aromatic rings. The molecule has 2 rings (SSSR count). The summed E-state index contributed by atoms with van der Waals surface area (Å²) in [6.07, 6.45) is 4.88. The van der Waals surface area contributed by atoms with Gasteiger partial charge in [-0.25, -0.2) is 0 Å². The van der Waals surface area contributed by atoms with Crippen molar-refractivity contribution in [2.75, 3.05) is 13.1 Å². The lowest BCUT2D eigenvalue weighted by atomic mass is 9.89. The summed E-state index contributed by atoms with van der Waals surface area (Å²) in [4.78, 5) is 46.0. The Hall–Kier alpha value is -2.97. The van der Waals surface area contributed by atoms with Crippen molar-refractivity contribution in [1.29, 1.82) is 0 Å². The number of non-ortho nitro benzene ring substituents is 1. The average molecular weight is 405 g/mol. The summed E-state index contributed by atoms with van der Waals surface area (Å²) in [5, 5.41) is 16.0. The molecule has 1 aliphatic rings. The first kappa shape index (κ1) is 22.3. The minimum absolute atomic E-state index is 0.0328. The molecule has 1 atom stereocenters. The van der Waals surface area contributed by atoms with Crippen molar-refractivity contribution in [3.05, 3.63) is 39.9 Å². The van der Waals surface area contributed by atoms with Gasteiger partial charge in [0, 0.05) is 30.8 Å². The van der Waals surface area contributed by atoms with E-state index in [9.17, 15) is 24.5 Å². The van der Waals surface area contributed by atoms with E-state index < -0.39 is 22.9 Å². The second-order valence-corrected chi connectivity index (χ2v) is 7.19. The Balaban J connectivity index is 1.65. The lowest BCUT2D eigenvalue weighted by molar-refractivity contribution is -0.384. The van der Waals surface area contributed by atoms with Gasteiger partial charge < -0.3 is 15.4 Å². The number of nitro groups is 1. The van der Waals surface area contributed by atoms with Gasteiger partial charge in [-0.3, -0.25) is 24.5 Å². The molecule has 1 saturated carbocycles. The molecule has 1 aliphatic carbocycles. The van der Waals surface area contributed by atoms with E-state index in [2.05, 4.69) is 10.6 Å². The first-order valence-corrected chi connectivity index (χ1v) is 9.86. The van der Waals surface area contributed by atoms with Gasteiger partial charge >= 0.3 is 5.97 Å². The number of amides is 2. The number of rotatable bonds is 9. The van der Waals surface area contributed by atoms with Gasteiger partial charge in [0.15, 0.2) is 6.10 Å². The molecule has 2 amide bonds. The molecule has 0 unspecified atom stereocenters.